The van der Waals surface area contributed by atoms with Crippen molar-refractivity contribution in [1.82, 2.24) is 0 Å². The Labute approximate surface area is 75.5 Å². The summed E-state index contributed by atoms with van der Waals surface area (Å²) in [5, 5.41) is 0. The zero-order valence-corrected chi connectivity index (χ0v) is 7.93. The van der Waals surface area contributed by atoms with Gasteiger partial charge in [-0.2, -0.15) is 0 Å². The molecule has 12 heavy (non-hydrogen) atoms. The monoisotopic (exact) mass is 171 g/mol. The minimum Gasteiger partial charge on any atom is -0.381 e. The van der Waals surface area contributed by atoms with E-state index in [1.165, 1.54) is 38.5 Å². The third-order valence-corrected chi connectivity index (χ3v) is 2.29. The topological polar surface area (TPSA) is 35.2 Å². The van der Waals surface area contributed by atoms with Crippen molar-refractivity contribution in [3.63, 3.8) is 0 Å². The predicted octanol–water partition coefficient (Wildman–Crippen LogP) is 1.93. The van der Waals surface area contributed by atoms with Crippen molar-refractivity contribution < 1.29 is 4.74 Å². The van der Waals surface area contributed by atoms with Gasteiger partial charge in [-0.1, -0.05) is 12.8 Å². The van der Waals surface area contributed by atoms with Crippen LogP contribution in [0.4, 0.5) is 0 Å². The normalized spacial score (nSPS) is 16.8. The van der Waals surface area contributed by atoms with Crippen molar-refractivity contribution in [1.29, 1.82) is 0 Å². The van der Waals surface area contributed by atoms with Gasteiger partial charge in [-0.15, -0.1) is 0 Å². The van der Waals surface area contributed by atoms with E-state index in [2.05, 4.69) is 0 Å². The van der Waals surface area contributed by atoms with Crippen LogP contribution in [0.5, 0.6) is 0 Å². The van der Waals surface area contributed by atoms with Gasteiger partial charge >= 0.3 is 0 Å². The minimum atomic E-state index is 0.836. The molecule has 1 saturated carbocycles. The third kappa shape index (κ3) is 5.56. The summed E-state index contributed by atoms with van der Waals surface area (Å²) >= 11 is 0. The van der Waals surface area contributed by atoms with E-state index >= 15 is 0 Å². The van der Waals surface area contributed by atoms with Crippen LogP contribution in [0.25, 0.3) is 0 Å². The van der Waals surface area contributed by atoms with Crippen molar-refractivity contribution in [2.24, 2.45) is 11.7 Å². The molecule has 0 saturated heterocycles. The van der Waals surface area contributed by atoms with Crippen LogP contribution in [0.3, 0.4) is 0 Å². The quantitative estimate of drug-likeness (QED) is 0.566. The molecule has 0 heterocycles. The van der Waals surface area contributed by atoms with Crippen LogP contribution >= 0.6 is 0 Å². The third-order valence-electron chi connectivity index (χ3n) is 2.29. The molecule has 1 fully saturated rings. The number of ether oxygens (including phenoxy) is 1. The fraction of sp³-hybridized carbons (Fsp3) is 1.00. The van der Waals surface area contributed by atoms with Gasteiger partial charge in [0.05, 0.1) is 0 Å². The molecule has 0 bridgehead atoms. The van der Waals surface area contributed by atoms with Gasteiger partial charge in [0.25, 0.3) is 0 Å². The molecule has 0 aromatic carbocycles. The van der Waals surface area contributed by atoms with Gasteiger partial charge in [-0.3, -0.25) is 0 Å². The summed E-state index contributed by atoms with van der Waals surface area (Å²) in [6.07, 6.45) is 7.72. The second kappa shape index (κ2) is 6.44. The van der Waals surface area contributed by atoms with Gasteiger partial charge in [0.1, 0.15) is 0 Å². The van der Waals surface area contributed by atoms with Crippen molar-refractivity contribution in [2.45, 2.75) is 38.5 Å². The summed E-state index contributed by atoms with van der Waals surface area (Å²) in [5.41, 5.74) is 5.39. The lowest BCUT2D eigenvalue weighted by molar-refractivity contribution is 0.120. The maximum Gasteiger partial charge on any atom is 0.0494 e. The van der Waals surface area contributed by atoms with Gasteiger partial charge in [0.2, 0.25) is 0 Å². The first kappa shape index (κ1) is 10.0. The molecule has 0 unspecified atom stereocenters. The standard InChI is InChI=1S/C10H21NO/c11-7-3-1-2-4-8-12-9-10-5-6-10/h10H,1-9,11H2. The lowest BCUT2D eigenvalue weighted by atomic mass is 10.2. The average Bonchev–Trinajstić information content (AvgIpc) is 2.87. The summed E-state index contributed by atoms with van der Waals surface area (Å²) in [5.74, 6) is 0.911. The van der Waals surface area contributed by atoms with Crippen LogP contribution in [-0.2, 0) is 4.74 Å². The highest BCUT2D eigenvalue weighted by Gasteiger charge is 2.20. The molecule has 0 aromatic rings. The highest BCUT2D eigenvalue weighted by atomic mass is 16.5. The van der Waals surface area contributed by atoms with Crippen molar-refractivity contribution >= 4 is 0 Å². The Bertz CT molecular complexity index is 102. The minimum absolute atomic E-state index is 0.836. The Morgan fingerprint density at radius 3 is 2.50 bits per heavy atom. The lowest BCUT2D eigenvalue weighted by Crippen LogP contribution is -2.00. The molecule has 2 N–H and O–H groups in total. The molecule has 0 atom stereocenters. The number of hydrogen-bond acceptors (Lipinski definition) is 2. The second-order valence-electron chi connectivity index (χ2n) is 3.72. The van der Waals surface area contributed by atoms with E-state index in [0.717, 1.165) is 25.7 Å². The zero-order valence-electron chi connectivity index (χ0n) is 7.93. The predicted molar refractivity (Wildman–Crippen MR) is 51.1 cm³/mol. The van der Waals surface area contributed by atoms with Crippen molar-refractivity contribution in [2.75, 3.05) is 19.8 Å². The van der Waals surface area contributed by atoms with E-state index in [1.54, 1.807) is 0 Å². The maximum atomic E-state index is 5.51. The molecule has 0 aromatic heterocycles. The van der Waals surface area contributed by atoms with Gasteiger partial charge in [0, 0.05) is 13.2 Å². The van der Waals surface area contributed by atoms with Crippen LogP contribution in [0.15, 0.2) is 0 Å². The molecule has 1 aliphatic rings. The Morgan fingerprint density at radius 1 is 1.08 bits per heavy atom. The van der Waals surface area contributed by atoms with Crippen LogP contribution < -0.4 is 5.73 Å². The van der Waals surface area contributed by atoms with Crippen LogP contribution in [0.1, 0.15) is 38.5 Å². The van der Waals surface area contributed by atoms with Gasteiger partial charge in [-0.05, 0) is 38.1 Å². The summed E-state index contributed by atoms with van der Waals surface area (Å²) in [6.45, 7) is 2.81. The summed E-state index contributed by atoms with van der Waals surface area (Å²) in [7, 11) is 0. The Kier molecular flexibility index (Phi) is 5.37. The van der Waals surface area contributed by atoms with Gasteiger partial charge < -0.3 is 10.5 Å². The Balaban J connectivity index is 1.65. The Hall–Kier alpha value is -0.0800. The molecular weight excluding hydrogens is 150 g/mol. The summed E-state index contributed by atoms with van der Waals surface area (Å²) < 4.78 is 5.51. The molecule has 0 radical (unpaired) electrons. The molecule has 1 aliphatic carbocycles. The Morgan fingerprint density at radius 2 is 1.83 bits per heavy atom. The molecular formula is C10H21NO. The van der Waals surface area contributed by atoms with E-state index in [0.29, 0.717) is 0 Å². The first-order valence-corrected chi connectivity index (χ1v) is 5.21. The largest absolute Gasteiger partial charge is 0.381 e. The van der Waals surface area contributed by atoms with Crippen molar-refractivity contribution in [3.05, 3.63) is 0 Å². The fourth-order valence-electron chi connectivity index (χ4n) is 1.24. The van der Waals surface area contributed by atoms with Gasteiger partial charge in [-0.25, -0.2) is 0 Å². The fourth-order valence-corrected chi connectivity index (χ4v) is 1.24. The number of rotatable bonds is 8. The SMILES string of the molecule is NCCCCCCOCC1CC1. The van der Waals surface area contributed by atoms with Crippen LogP contribution in [0.2, 0.25) is 0 Å². The zero-order chi connectivity index (χ0) is 8.65. The van der Waals surface area contributed by atoms with E-state index in [-0.39, 0.29) is 0 Å². The highest BCUT2D eigenvalue weighted by Crippen LogP contribution is 2.28. The van der Waals surface area contributed by atoms with Gasteiger partial charge in [0.15, 0.2) is 0 Å². The highest BCUT2D eigenvalue weighted by molar-refractivity contribution is 4.71. The van der Waals surface area contributed by atoms with E-state index in [9.17, 15) is 0 Å². The maximum absolute atomic E-state index is 5.51. The summed E-state index contributed by atoms with van der Waals surface area (Å²) in [6, 6.07) is 0. The van der Waals surface area contributed by atoms with E-state index in [1.807, 2.05) is 0 Å². The summed E-state index contributed by atoms with van der Waals surface area (Å²) in [4.78, 5) is 0. The second-order valence-corrected chi connectivity index (χ2v) is 3.72. The molecule has 72 valence electrons. The van der Waals surface area contributed by atoms with E-state index in [4.69, 9.17) is 10.5 Å². The lowest BCUT2D eigenvalue weighted by Gasteiger charge is -2.02. The first-order valence-electron chi connectivity index (χ1n) is 5.21. The molecule has 0 amide bonds. The smallest absolute Gasteiger partial charge is 0.0494 e. The van der Waals surface area contributed by atoms with E-state index < -0.39 is 0 Å². The number of nitrogens with two attached hydrogens (primary N) is 1. The molecule has 0 aliphatic heterocycles. The number of hydrogen-bond donors (Lipinski definition) is 1. The van der Waals surface area contributed by atoms with Crippen molar-refractivity contribution in [3.8, 4) is 0 Å². The molecule has 2 heteroatoms. The molecule has 2 nitrogen and oxygen atoms in total. The average molecular weight is 171 g/mol. The molecule has 1 rings (SSSR count). The molecule has 0 spiro atoms. The number of unbranched alkanes of at least 4 members (excludes halogenated alkanes) is 3. The van der Waals surface area contributed by atoms with Crippen LogP contribution in [0, 0.1) is 5.92 Å². The first-order chi connectivity index (χ1) is 5.93. The van der Waals surface area contributed by atoms with Crippen LogP contribution in [-0.4, -0.2) is 19.8 Å².